The Hall–Kier alpha value is -1.59. The van der Waals surface area contributed by atoms with E-state index in [0.29, 0.717) is 12.0 Å². The fourth-order valence-corrected chi connectivity index (χ4v) is 3.51. The number of carbonyl (C=O) groups is 2. The largest absolute Gasteiger partial charge is 0.465 e. The maximum Gasteiger partial charge on any atom is 0.337 e. The van der Waals surface area contributed by atoms with Gasteiger partial charge in [0.2, 0.25) is 5.91 Å². The summed E-state index contributed by atoms with van der Waals surface area (Å²) in [5, 5.41) is 3.39. The average Bonchev–Trinajstić information content (AvgIpc) is 2.58. The van der Waals surface area contributed by atoms with Gasteiger partial charge < -0.3 is 15.0 Å². The van der Waals surface area contributed by atoms with Crippen LogP contribution in [0.1, 0.15) is 36.0 Å². The maximum absolute atomic E-state index is 12.3. The topological polar surface area (TPSA) is 58.6 Å². The number of carbonyl (C=O) groups excluding carboxylic acids is 2. The number of esters is 1. The number of piperidine rings is 2. The number of benzene rings is 1. The van der Waals surface area contributed by atoms with Gasteiger partial charge in [-0.15, -0.1) is 12.4 Å². The number of halogens is 1. The molecule has 1 aromatic carbocycles. The summed E-state index contributed by atoms with van der Waals surface area (Å²) in [7, 11) is 1.37. The lowest BCUT2D eigenvalue weighted by atomic mass is 9.72. The number of methoxy groups -OCH3 is 1. The third kappa shape index (κ3) is 3.67. The van der Waals surface area contributed by atoms with Gasteiger partial charge in [-0.3, -0.25) is 4.79 Å². The number of hydrogen-bond donors (Lipinski definition) is 1. The zero-order chi connectivity index (χ0) is 15.6. The molecule has 2 aliphatic heterocycles. The molecular formula is C17H23ClN2O3. The van der Waals surface area contributed by atoms with Crippen molar-refractivity contribution in [3.8, 4) is 0 Å². The Morgan fingerprint density at radius 1 is 1.17 bits per heavy atom. The summed E-state index contributed by atoms with van der Waals surface area (Å²) in [5.74, 6) is -0.179. The van der Waals surface area contributed by atoms with Crippen molar-refractivity contribution in [2.24, 2.45) is 5.41 Å². The van der Waals surface area contributed by atoms with Crippen LogP contribution in [0.5, 0.6) is 0 Å². The zero-order valence-electron chi connectivity index (χ0n) is 13.3. The molecule has 0 bridgehead atoms. The van der Waals surface area contributed by atoms with E-state index in [4.69, 9.17) is 4.74 Å². The first-order valence-corrected chi connectivity index (χ1v) is 7.83. The number of rotatable bonds is 2. The summed E-state index contributed by atoms with van der Waals surface area (Å²) in [6, 6.07) is 7.12. The van der Waals surface area contributed by atoms with Crippen LogP contribution in [0, 0.1) is 5.41 Å². The molecule has 3 rings (SSSR count). The zero-order valence-corrected chi connectivity index (χ0v) is 14.2. The van der Waals surface area contributed by atoms with Gasteiger partial charge >= 0.3 is 5.97 Å². The average molecular weight is 339 g/mol. The second-order valence-electron chi connectivity index (χ2n) is 6.27. The lowest BCUT2D eigenvalue weighted by Gasteiger charge is -2.45. The molecule has 2 fully saturated rings. The third-order valence-corrected chi connectivity index (χ3v) is 4.93. The summed E-state index contributed by atoms with van der Waals surface area (Å²) in [4.78, 5) is 25.7. The highest BCUT2D eigenvalue weighted by atomic mass is 35.5. The first kappa shape index (κ1) is 17.8. The molecule has 1 amide bonds. The molecule has 0 saturated carbocycles. The molecule has 6 heteroatoms. The Kier molecular flexibility index (Phi) is 5.65. The molecule has 2 heterocycles. The van der Waals surface area contributed by atoms with Crippen molar-refractivity contribution >= 4 is 30.0 Å². The van der Waals surface area contributed by atoms with Crippen LogP contribution in [0.25, 0.3) is 0 Å². The summed E-state index contributed by atoms with van der Waals surface area (Å²) in [6.45, 7) is 2.84. The molecule has 1 aromatic rings. The molecule has 0 radical (unpaired) electrons. The monoisotopic (exact) mass is 338 g/mol. The lowest BCUT2D eigenvalue weighted by Crippen LogP contribution is -2.50. The number of anilines is 1. The predicted molar refractivity (Wildman–Crippen MR) is 91.2 cm³/mol. The van der Waals surface area contributed by atoms with Crippen molar-refractivity contribution in [2.45, 2.75) is 25.7 Å². The molecule has 0 atom stereocenters. The van der Waals surface area contributed by atoms with E-state index in [0.717, 1.165) is 44.6 Å². The molecule has 2 saturated heterocycles. The van der Waals surface area contributed by atoms with Gasteiger partial charge in [-0.2, -0.15) is 0 Å². The minimum Gasteiger partial charge on any atom is -0.465 e. The maximum atomic E-state index is 12.3. The Bertz CT molecular complexity index is 568. The van der Waals surface area contributed by atoms with Gasteiger partial charge in [-0.25, -0.2) is 4.79 Å². The van der Waals surface area contributed by atoms with Crippen LogP contribution in [0.2, 0.25) is 0 Å². The minimum absolute atomic E-state index is 0. The van der Waals surface area contributed by atoms with Crippen molar-refractivity contribution in [3.05, 3.63) is 29.8 Å². The van der Waals surface area contributed by atoms with E-state index in [1.165, 1.54) is 7.11 Å². The van der Waals surface area contributed by atoms with Crippen LogP contribution in [0.4, 0.5) is 5.69 Å². The van der Waals surface area contributed by atoms with E-state index in [-0.39, 0.29) is 29.7 Å². The molecule has 1 N–H and O–H groups in total. The van der Waals surface area contributed by atoms with Crippen LogP contribution in [-0.4, -0.2) is 38.6 Å². The van der Waals surface area contributed by atoms with E-state index in [9.17, 15) is 9.59 Å². The number of hydrogen-bond acceptors (Lipinski definition) is 4. The minimum atomic E-state index is -0.355. The fraction of sp³-hybridized carbons (Fsp3) is 0.529. The van der Waals surface area contributed by atoms with Crippen LogP contribution in [0.15, 0.2) is 24.3 Å². The summed E-state index contributed by atoms with van der Waals surface area (Å²) >= 11 is 0. The van der Waals surface area contributed by atoms with E-state index in [1.54, 1.807) is 12.1 Å². The normalized spacial score (nSPS) is 20.0. The third-order valence-electron chi connectivity index (χ3n) is 4.93. The lowest BCUT2D eigenvalue weighted by molar-refractivity contribution is -0.121. The smallest absolute Gasteiger partial charge is 0.337 e. The van der Waals surface area contributed by atoms with Crippen molar-refractivity contribution in [1.29, 1.82) is 0 Å². The molecule has 5 nitrogen and oxygen atoms in total. The Balaban J connectivity index is 0.00000192. The first-order chi connectivity index (χ1) is 10.6. The quantitative estimate of drug-likeness (QED) is 0.841. The number of amides is 1. The van der Waals surface area contributed by atoms with E-state index >= 15 is 0 Å². The number of ether oxygens (including phenoxy) is 1. The van der Waals surface area contributed by atoms with Gasteiger partial charge in [0, 0.05) is 18.7 Å². The van der Waals surface area contributed by atoms with Gasteiger partial charge in [-0.05, 0) is 62.0 Å². The molecule has 0 aromatic heterocycles. The van der Waals surface area contributed by atoms with Crippen LogP contribution >= 0.6 is 12.4 Å². The molecular weight excluding hydrogens is 316 g/mol. The Morgan fingerprint density at radius 2 is 1.83 bits per heavy atom. The summed E-state index contributed by atoms with van der Waals surface area (Å²) in [5.41, 5.74) is 1.63. The van der Waals surface area contributed by atoms with Crippen LogP contribution < -0.4 is 10.2 Å². The van der Waals surface area contributed by atoms with Gasteiger partial charge in [0.25, 0.3) is 0 Å². The summed E-state index contributed by atoms with van der Waals surface area (Å²) in [6.07, 6.45) is 3.84. The molecule has 1 spiro atoms. The SMILES string of the molecule is COC(=O)c1ccc(N2CC3(CCNCC3)CCC2=O)cc1.Cl. The Morgan fingerprint density at radius 3 is 2.43 bits per heavy atom. The van der Waals surface area contributed by atoms with Gasteiger partial charge in [-0.1, -0.05) is 0 Å². The second kappa shape index (κ2) is 7.32. The van der Waals surface area contributed by atoms with Crippen LogP contribution in [-0.2, 0) is 9.53 Å². The molecule has 0 unspecified atom stereocenters. The molecule has 2 aliphatic rings. The standard InChI is InChI=1S/C17H22N2O3.ClH/c1-22-16(21)13-2-4-14(5-3-13)19-12-17(7-6-15(19)20)8-10-18-11-9-17;/h2-5,18H,6-12H2,1H3;1H. The Labute approximate surface area is 142 Å². The van der Waals surface area contributed by atoms with Crippen molar-refractivity contribution in [3.63, 3.8) is 0 Å². The second-order valence-corrected chi connectivity index (χ2v) is 6.27. The van der Waals surface area contributed by atoms with Gasteiger partial charge in [0.15, 0.2) is 0 Å². The highest BCUT2D eigenvalue weighted by Crippen LogP contribution is 2.40. The van der Waals surface area contributed by atoms with Crippen molar-refractivity contribution in [1.82, 2.24) is 5.32 Å². The van der Waals surface area contributed by atoms with E-state index in [1.807, 2.05) is 17.0 Å². The van der Waals surface area contributed by atoms with Crippen molar-refractivity contribution in [2.75, 3.05) is 31.6 Å². The molecule has 126 valence electrons. The summed E-state index contributed by atoms with van der Waals surface area (Å²) < 4.78 is 4.71. The highest BCUT2D eigenvalue weighted by molar-refractivity contribution is 5.95. The molecule has 23 heavy (non-hydrogen) atoms. The number of nitrogens with zero attached hydrogens (tertiary/aromatic N) is 1. The predicted octanol–water partition coefficient (Wildman–Crippen LogP) is 2.39. The molecule has 0 aliphatic carbocycles. The van der Waals surface area contributed by atoms with E-state index < -0.39 is 0 Å². The first-order valence-electron chi connectivity index (χ1n) is 7.83. The number of nitrogens with one attached hydrogen (secondary N) is 1. The van der Waals surface area contributed by atoms with Gasteiger partial charge in [0.1, 0.15) is 0 Å². The van der Waals surface area contributed by atoms with Crippen molar-refractivity contribution < 1.29 is 14.3 Å². The van der Waals surface area contributed by atoms with Gasteiger partial charge in [0.05, 0.1) is 12.7 Å². The highest BCUT2D eigenvalue weighted by Gasteiger charge is 2.39. The van der Waals surface area contributed by atoms with E-state index in [2.05, 4.69) is 5.32 Å². The van der Waals surface area contributed by atoms with Crippen LogP contribution in [0.3, 0.4) is 0 Å². The fourth-order valence-electron chi connectivity index (χ4n) is 3.51.